The summed E-state index contributed by atoms with van der Waals surface area (Å²) < 4.78 is 0. The Kier molecular flexibility index (Phi) is 3.93. The van der Waals surface area contributed by atoms with E-state index in [0.29, 0.717) is 21.2 Å². The molecule has 21 heavy (non-hydrogen) atoms. The zero-order valence-electron chi connectivity index (χ0n) is 11.1. The van der Waals surface area contributed by atoms with Crippen LogP contribution in [-0.2, 0) is 13.0 Å². The quantitative estimate of drug-likeness (QED) is 0.894. The molecule has 2 aromatic rings. The average Bonchev–Trinajstić information content (AvgIpc) is 2.84. The molecule has 1 aromatic carbocycles. The lowest BCUT2D eigenvalue weighted by molar-refractivity contribution is 0.102. The van der Waals surface area contributed by atoms with Crippen molar-refractivity contribution in [3.63, 3.8) is 0 Å². The van der Waals surface area contributed by atoms with Gasteiger partial charge >= 0.3 is 0 Å². The Balaban J connectivity index is 1.88. The Morgan fingerprint density at radius 1 is 1.38 bits per heavy atom. The van der Waals surface area contributed by atoms with Crippen LogP contribution in [-0.4, -0.2) is 12.5 Å². The van der Waals surface area contributed by atoms with Gasteiger partial charge in [-0.1, -0.05) is 11.6 Å². The first kappa shape index (κ1) is 14.1. The van der Waals surface area contributed by atoms with Crippen molar-refractivity contribution in [3.8, 4) is 6.07 Å². The van der Waals surface area contributed by atoms with E-state index in [2.05, 4.69) is 16.7 Å². The molecule has 0 atom stereocenters. The van der Waals surface area contributed by atoms with Gasteiger partial charge in [-0.05, 0) is 42.8 Å². The highest BCUT2D eigenvalue weighted by Crippen LogP contribution is 2.35. The number of amides is 1. The molecular weight excluding hydrogens is 306 g/mol. The van der Waals surface area contributed by atoms with Gasteiger partial charge in [-0.3, -0.25) is 4.79 Å². The minimum absolute atomic E-state index is 0.227. The minimum Gasteiger partial charge on any atom is -0.312 e. The van der Waals surface area contributed by atoms with Crippen LogP contribution in [0, 0.1) is 11.3 Å². The summed E-state index contributed by atoms with van der Waals surface area (Å²) in [6, 6.07) is 8.89. The topological polar surface area (TPSA) is 64.9 Å². The van der Waals surface area contributed by atoms with E-state index in [1.165, 1.54) is 11.3 Å². The predicted octanol–water partition coefficient (Wildman–Crippen LogP) is 3.17. The number of halogens is 1. The summed E-state index contributed by atoms with van der Waals surface area (Å²) in [5.41, 5.74) is 2.18. The number of benzene rings is 1. The molecule has 0 bridgehead atoms. The molecule has 0 aliphatic carbocycles. The normalized spacial score (nSPS) is 13.3. The third-order valence-electron chi connectivity index (χ3n) is 3.37. The van der Waals surface area contributed by atoms with Gasteiger partial charge in [0.15, 0.2) is 0 Å². The SMILES string of the molecule is N#Cc1c(NC(=O)c2ccc(Cl)cc2)sc2c1CCNC2. The molecule has 0 unspecified atom stereocenters. The van der Waals surface area contributed by atoms with Crippen molar-refractivity contribution in [1.29, 1.82) is 5.26 Å². The fourth-order valence-corrected chi connectivity index (χ4v) is 3.61. The first-order valence-corrected chi connectivity index (χ1v) is 7.71. The maximum atomic E-state index is 12.2. The lowest BCUT2D eigenvalue weighted by Crippen LogP contribution is -2.22. The van der Waals surface area contributed by atoms with Crippen molar-refractivity contribution in [1.82, 2.24) is 5.32 Å². The van der Waals surface area contributed by atoms with Crippen molar-refractivity contribution in [3.05, 3.63) is 50.9 Å². The third kappa shape index (κ3) is 2.79. The number of nitriles is 1. The summed E-state index contributed by atoms with van der Waals surface area (Å²) in [7, 11) is 0. The molecule has 1 aromatic heterocycles. The van der Waals surface area contributed by atoms with E-state index in [0.717, 1.165) is 30.0 Å². The highest BCUT2D eigenvalue weighted by Gasteiger charge is 2.21. The zero-order chi connectivity index (χ0) is 14.8. The highest BCUT2D eigenvalue weighted by molar-refractivity contribution is 7.16. The maximum Gasteiger partial charge on any atom is 0.256 e. The van der Waals surface area contributed by atoms with Crippen molar-refractivity contribution in [2.45, 2.75) is 13.0 Å². The molecule has 2 heterocycles. The fraction of sp³-hybridized carbons (Fsp3) is 0.200. The van der Waals surface area contributed by atoms with E-state index < -0.39 is 0 Å². The number of carbonyl (C=O) groups is 1. The van der Waals surface area contributed by atoms with Crippen LogP contribution in [0.3, 0.4) is 0 Å². The van der Waals surface area contributed by atoms with Crippen LogP contribution in [0.15, 0.2) is 24.3 Å². The molecule has 0 spiro atoms. The Bertz CT molecular complexity index is 731. The molecule has 0 saturated carbocycles. The van der Waals surface area contributed by atoms with Crippen LogP contribution in [0.25, 0.3) is 0 Å². The third-order valence-corrected chi connectivity index (χ3v) is 4.77. The van der Waals surface area contributed by atoms with E-state index in [1.807, 2.05) is 0 Å². The Morgan fingerprint density at radius 3 is 2.86 bits per heavy atom. The van der Waals surface area contributed by atoms with Gasteiger partial charge < -0.3 is 10.6 Å². The molecule has 0 saturated heterocycles. The highest BCUT2D eigenvalue weighted by atomic mass is 35.5. The molecule has 4 nitrogen and oxygen atoms in total. The Labute approximate surface area is 131 Å². The number of hydrogen-bond acceptors (Lipinski definition) is 4. The number of nitrogens with zero attached hydrogens (tertiary/aromatic N) is 1. The lowest BCUT2D eigenvalue weighted by Gasteiger charge is -2.11. The molecule has 1 amide bonds. The second kappa shape index (κ2) is 5.86. The number of nitrogens with one attached hydrogen (secondary N) is 2. The number of fused-ring (bicyclic) bond motifs is 1. The van der Waals surface area contributed by atoms with Crippen molar-refractivity contribution in [2.24, 2.45) is 0 Å². The summed E-state index contributed by atoms with van der Waals surface area (Å²) >= 11 is 7.28. The molecule has 0 radical (unpaired) electrons. The standard InChI is InChI=1S/C15H12ClN3OS/c16-10-3-1-9(2-4-10)14(20)19-15-12(7-17)11-5-6-18-8-13(11)21-15/h1-4,18H,5-6,8H2,(H,19,20). The summed E-state index contributed by atoms with van der Waals surface area (Å²) in [6.07, 6.45) is 0.825. The zero-order valence-corrected chi connectivity index (χ0v) is 12.6. The van der Waals surface area contributed by atoms with E-state index in [9.17, 15) is 10.1 Å². The number of hydrogen-bond donors (Lipinski definition) is 2. The van der Waals surface area contributed by atoms with Crippen LogP contribution in [0.4, 0.5) is 5.00 Å². The van der Waals surface area contributed by atoms with Gasteiger partial charge in [0.25, 0.3) is 5.91 Å². The first-order valence-electron chi connectivity index (χ1n) is 6.51. The van der Waals surface area contributed by atoms with Crippen LogP contribution >= 0.6 is 22.9 Å². The monoisotopic (exact) mass is 317 g/mol. The van der Waals surface area contributed by atoms with Crippen LogP contribution in [0.5, 0.6) is 0 Å². The molecule has 1 aliphatic rings. The van der Waals surface area contributed by atoms with Gasteiger partial charge in [0, 0.05) is 22.0 Å². The molecule has 3 rings (SSSR count). The van der Waals surface area contributed by atoms with E-state index in [4.69, 9.17) is 11.6 Å². The number of anilines is 1. The largest absolute Gasteiger partial charge is 0.312 e. The second-order valence-electron chi connectivity index (χ2n) is 4.71. The van der Waals surface area contributed by atoms with Crippen molar-refractivity contribution < 1.29 is 4.79 Å². The second-order valence-corrected chi connectivity index (χ2v) is 6.25. The summed E-state index contributed by atoms with van der Waals surface area (Å²) in [4.78, 5) is 13.4. The van der Waals surface area contributed by atoms with Crippen LogP contribution in [0.1, 0.15) is 26.4 Å². The average molecular weight is 318 g/mol. The van der Waals surface area contributed by atoms with Gasteiger partial charge in [-0.15, -0.1) is 11.3 Å². The molecule has 1 aliphatic heterocycles. The Morgan fingerprint density at radius 2 is 2.14 bits per heavy atom. The summed E-state index contributed by atoms with van der Waals surface area (Å²) in [6.45, 7) is 1.62. The number of carbonyl (C=O) groups excluding carboxylic acids is 1. The van der Waals surface area contributed by atoms with Crippen molar-refractivity contribution >= 4 is 33.8 Å². The van der Waals surface area contributed by atoms with Gasteiger partial charge in [-0.25, -0.2) is 0 Å². The molecule has 106 valence electrons. The van der Waals surface area contributed by atoms with Gasteiger partial charge in [0.1, 0.15) is 11.1 Å². The van der Waals surface area contributed by atoms with E-state index in [-0.39, 0.29) is 5.91 Å². The van der Waals surface area contributed by atoms with Crippen molar-refractivity contribution in [2.75, 3.05) is 11.9 Å². The van der Waals surface area contributed by atoms with E-state index in [1.54, 1.807) is 24.3 Å². The fourth-order valence-electron chi connectivity index (χ4n) is 2.32. The molecular formula is C15H12ClN3OS. The number of rotatable bonds is 2. The summed E-state index contributed by atoms with van der Waals surface area (Å²) in [5, 5.41) is 16.7. The minimum atomic E-state index is -0.227. The van der Waals surface area contributed by atoms with Crippen LogP contribution in [0.2, 0.25) is 5.02 Å². The lowest BCUT2D eigenvalue weighted by atomic mass is 10.0. The van der Waals surface area contributed by atoms with Gasteiger partial charge in [0.05, 0.1) is 5.56 Å². The van der Waals surface area contributed by atoms with Gasteiger partial charge in [0.2, 0.25) is 0 Å². The Hall–Kier alpha value is -1.87. The van der Waals surface area contributed by atoms with E-state index >= 15 is 0 Å². The predicted molar refractivity (Wildman–Crippen MR) is 83.8 cm³/mol. The number of thiophene rings is 1. The molecule has 6 heteroatoms. The first-order chi connectivity index (χ1) is 10.2. The smallest absolute Gasteiger partial charge is 0.256 e. The molecule has 0 fully saturated rings. The van der Waals surface area contributed by atoms with Gasteiger partial charge in [-0.2, -0.15) is 5.26 Å². The maximum absolute atomic E-state index is 12.2. The summed E-state index contributed by atoms with van der Waals surface area (Å²) in [5.74, 6) is -0.227. The van der Waals surface area contributed by atoms with Crippen LogP contribution < -0.4 is 10.6 Å². The molecule has 2 N–H and O–H groups in total.